The minimum Gasteiger partial charge on any atom is -0.404 e. The molecule has 5 nitrogen and oxygen atoms in total. The number of phosphoric acid groups is 1. The van der Waals surface area contributed by atoms with Gasteiger partial charge in [0, 0.05) is 7.11 Å². The van der Waals surface area contributed by atoms with Gasteiger partial charge in [-0.3, -0.25) is 9.05 Å². The molecule has 0 aliphatic rings. The zero-order chi connectivity index (χ0) is 17.7. The van der Waals surface area contributed by atoms with Crippen LogP contribution in [-0.4, -0.2) is 25.4 Å². The van der Waals surface area contributed by atoms with Crippen LogP contribution in [0.4, 0.5) is 0 Å². The standard InChI is InChI=1S/C17H29O5P/c1-16(2,3)13-17(4,5)14-7-9-15(10-8-14)22-23(19,20-6)21-12-11-18/h7-10,18H,11-13H2,1-6H3. The maximum absolute atomic E-state index is 12.2. The van der Waals surface area contributed by atoms with E-state index in [2.05, 4.69) is 34.6 Å². The predicted octanol–water partition coefficient (Wildman–Crippen LogP) is 4.54. The van der Waals surface area contributed by atoms with Gasteiger partial charge in [-0.2, -0.15) is 0 Å². The van der Waals surface area contributed by atoms with Crippen LogP contribution in [0.1, 0.15) is 46.6 Å². The van der Waals surface area contributed by atoms with E-state index in [0.29, 0.717) is 5.75 Å². The third-order valence-corrected chi connectivity index (χ3v) is 4.77. The van der Waals surface area contributed by atoms with Crippen molar-refractivity contribution in [3.8, 4) is 5.75 Å². The Morgan fingerprint density at radius 1 is 1.09 bits per heavy atom. The first-order valence-corrected chi connectivity index (χ1v) is 9.19. The summed E-state index contributed by atoms with van der Waals surface area (Å²) >= 11 is 0. The second-order valence-electron chi connectivity index (χ2n) is 7.42. The lowest BCUT2D eigenvalue weighted by Gasteiger charge is -2.33. The fourth-order valence-corrected chi connectivity index (χ4v) is 3.71. The van der Waals surface area contributed by atoms with Crippen molar-refractivity contribution in [1.82, 2.24) is 0 Å². The van der Waals surface area contributed by atoms with Crippen molar-refractivity contribution >= 4 is 7.82 Å². The molecule has 23 heavy (non-hydrogen) atoms. The first kappa shape index (κ1) is 20.2. The second-order valence-corrected chi connectivity index (χ2v) is 9.12. The predicted molar refractivity (Wildman–Crippen MR) is 91.8 cm³/mol. The van der Waals surface area contributed by atoms with Crippen molar-refractivity contribution in [3.05, 3.63) is 29.8 Å². The van der Waals surface area contributed by atoms with Gasteiger partial charge in [-0.15, -0.1) is 0 Å². The van der Waals surface area contributed by atoms with E-state index in [1.54, 1.807) is 12.1 Å². The Morgan fingerprint density at radius 2 is 1.65 bits per heavy atom. The van der Waals surface area contributed by atoms with Gasteiger partial charge in [-0.25, -0.2) is 4.57 Å². The highest BCUT2D eigenvalue weighted by molar-refractivity contribution is 7.48. The monoisotopic (exact) mass is 344 g/mol. The highest BCUT2D eigenvalue weighted by Crippen LogP contribution is 2.48. The molecule has 1 rings (SSSR count). The number of rotatable bonds is 8. The van der Waals surface area contributed by atoms with Crippen molar-refractivity contribution in [1.29, 1.82) is 0 Å². The van der Waals surface area contributed by atoms with Gasteiger partial charge in [-0.05, 0) is 34.9 Å². The highest BCUT2D eigenvalue weighted by Gasteiger charge is 2.29. The fraction of sp³-hybridized carbons (Fsp3) is 0.647. The summed E-state index contributed by atoms with van der Waals surface area (Å²) in [5.74, 6) is 0.406. The van der Waals surface area contributed by atoms with E-state index in [0.717, 1.165) is 6.42 Å². The molecule has 0 spiro atoms. The summed E-state index contributed by atoms with van der Waals surface area (Å²) in [6.45, 7) is 10.7. The Labute approximate surface area is 139 Å². The summed E-state index contributed by atoms with van der Waals surface area (Å²) in [5.41, 5.74) is 1.43. The first-order chi connectivity index (χ1) is 10.5. The highest BCUT2D eigenvalue weighted by atomic mass is 31.2. The molecule has 1 atom stereocenters. The molecule has 1 aromatic rings. The van der Waals surface area contributed by atoms with Gasteiger partial charge in [0.15, 0.2) is 0 Å². The van der Waals surface area contributed by atoms with E-state index in [1.807, 2.05) is 12.1 Å². The molecule has 0 fully saturated rings. The van der Waals surface area contributed by atoms with Crippen LogP contribution in [-0.2, 0) is 19.0 Å². The molecule has 0 saturated heterocycles. The van der Waals surface area contributed by atoms with Crippen molar-refractivity contribution in [2.45, 2.75) is 46.5 Å². The smallest absolute Gasteiger partial charge is 0.404 e. The maximum atomic E-state index is 12.2. The lowest BCUT2D eigenvalue weighted by Crippen LogP contribution is -2.24. The van der Waals surface area contributed by atoms with Crippen molar-refractivity contribution in [2.24, 2.45) is 5.41 Å². The average Bonchev–Trinajstić information content (AvgIpc) is 2.43. The van der Waals surface area contributed by atoms with Crippen LogP contribution < -0.4 is 4.52 Å². The quantitative estimate of drug-likeness (QED) is 0.701. The number of benzene rings is 1. The second kappa shape index (κ2) is 7.80. The summed E-state index contributed by atoms with van der Waals surface area (Å²) in [4.78, 5) is 0. The van der Waals surface area contributed by atoms with E-state index in [4.69, 9.17) is 18.7 Å². The van der Waals surface area contributed by atoms with Crippen LogP contribution in [0.2, 0.25) is 0 Å². The van der Waals surface area contributed by atoms with Crippen LogP contribution in [0.5, 0.6) is 5.75 Å². The molecule has 0 bridgehead atoms. The van der Waals surface area contributed by atoms with Crippen LogP contribution in [0.15, 0.2) is 24.3 Å². The summed E-state index contributed by atoms with van der Waals surface area (Å²) in [6.07, 6.45) is 1.04. The Morgan fingerprint density at radius 3 is 2.09 bits per heavy atom. The largest absolute Gasteiger partial charge is 0.529 e. The molecule has 0 saturated carbocycles. The van der Waals surface area contributed by atoms with Crippen LogP contribution in [0.3, 0.4) is 0 Å². The van der Waals surface area contributed by atoms with Gasteiger partial charge in [0.2, 0.25) is 0 Å². The normalized spacial score (nSPS) is 15.3. The molecule has 0 heterocycles. The van der Waals surface area contributed by atoms with E-state index >= 15 is 0 Å². The van der Waals surface area contributed by atoms with E-state index in [-0.39, 0.29) is 24.0 Å². The van der Waals surface area contributed by atoms with Gasteiger partial charge in [0.1, 0.15) is 5.75 Å². The first-order valence-electron chi connectivity index (χ1n) is 7.73. The Balaban J connectivity index is 2.86. The number of phosphoric ester groups is 1. The molecule has 0 radical (unpaired) electrons. The molecule has 6 heteroatoms. The molecule has 1 N–H and O–H groups in total. The number of aliphatic hydroxyl groups is 1. The van der Waals surface area contributed by atoms with Crippen molar-refractivity contribution in [3.63, 3.8) is 0 Å². The summed E-state index contributed by atoms with van der Waals surface area (Å²) in [7, 11) is -2.44. The SMILES string of the molecule is COP(=O)(OCCO)Oc1ccc(C(C)(C)CC(C)(C)C)cc1. The van der Waals surface area contributed by atoms with Crippen LogP contribution in [0, 0.1) is 5.41 Å². The minimum atomic E-state index is -3.69. The molecule has 0 aliphatic heterocycles. The minimum absolute atomic E-state index is 0.0229. The lowest BCUT2D eigenvalue weighted by atomic mass is 9.72. The van der Waals surface area contributed by atoms with E-state index < -0.39 is 7.82 Å². The number of aliphatic hydroxyl groups excluding tert-OH is 1. The lowest BCUT2D eigenvalue weighted by molar-refractivity contribution is 0.142. The molecule has 1 unspecified atom stereocenters. The van der Waals surface area contributed by atoms with Crippen LogP contribution >= 0.6 is 7.82 Å². The van der Waals surface area contributed by atoms with Crippen molar-refractivity contribution in [2.75, 3.05) is 20.3 Å². The average molecular weight is 344 g/mol. The van der Waals surface area contributed by atoms with E-state index in [9.17, 15) is 4.57 Å². The molecule has 0 amide bonds. The summed E-state index contributed by atoms with van der Waals surface area (Å²) in [5, 5.41) is 8.75. The van der Waals surface area contributed by atoms with E-state index in [1.165, 1.54) is 12.7 Å². The molecular formula is C17H29O5P. The van der Waals surface area contributed by atoms with Gasteiger partial charge >= 0.3 is 7.82 Å². The summed E-state index contributed by atoms with van der Waals surface area (Å²) < 4.78 is 27.3. The van der Waals surface area contributed by atoms with Gasteiger partial charge < -0.3 is 9.63 Å². The number of hydrogen-bond acceptors (Lipinski definition) is 5. The maximum Gasteiger partial charge on any atom is 0.529 e. The Bertz CT molecular complexity index is 531. The zero-order valence-corrected chi connectivity index (χ0v) is 15.9. The zero-order valence-electron chi connectivity index (χ0n) is 15.0. The third-order valence-electron chi connectivity index (χ3n) is 3.39. The molecule has 1 aromatic carbocycles. The summed E-state index contributed by atoms with van der Waals surface area (Å²) in [6, 6.07) is 7.45. The fourth-order valence-electron chi connectivity index (χ4n) is 2.79. The van der Waals surface area contributed by atoms with Gasteiger partial charge in [0.25, 0.3) is 0 Å². The van der Waals surface area contributed by atoms with Gasteiger partial charge in [-0.1, -0.05) is 46.8 Å². The molecule has 0 aliphatic carbocycles. The molecule has 0 aromatic heterocycles. The molecule has 132 valence electrons. The molecular weight excluding hydrogens is 315 g/mol. The number of hydrogen-bond donors (Lipinski definition) is 1. The Hall–Kier alpha value is -0.870. The van der Waals surface area contributed by atoms with Crippen molar-refractivity contribution < 1.29 is 23.2 Å². The third kappa shape index (κ3) is 6.64. The Kier molecular flexibility index (Phi) is 6.84. The topological polar surface area (TPSA) is 65.0 Å². The van der Waals surface area contributed by atoms with Crippen LogP contribution in [0.25, 0.3) is 0 Å². The van der Waals surface area contributed by atoms with Gasteiger partial charge in [0.05, 0.1) is 13.2 Å².